The average molecular weight is 371 g/mol. The lowest BCUT2D eigenvalue weighted by Gasteiger charge is -2.24. The van der Waals surface area contributed by atoms with Crippen LogP contribution in [-0.2, 0) is 19.6 Å². The maximum atomic E-state index is 13.8. The van der Waals surface area contributed by atoms with Crippen molar-refractivity contribution in [2.75, 3.05) is 11.3 Å². The third kappa shape index (κ3) is 4.23. The Labute approximate surface area is 152 Å². The predicted octanol–water partition coefficient (Wildman–Crippen LogP) is 3.26. The average Bonchev–Trinajstić information content (AvgIpc) is 2.66. The van der Waals surface area contributed by atoms with Crippen LogP contribution in [-0.4, -0.2) is 26.2 Å². The predicted molar refractivity (Wildman–Crippen MR) is 86.3 cm³/mol. The van der Waals surface area contributed by atoms with E-state index in [2.05, 4.69) is 4.74 Å². The Balaban J connectivity index is 2.86. The van der Waals surface area contributed by atoms with Gasteiger partial charge in [0.25, 0.3) is 0 Å². The Morgan fingerprint density at radius 1 is 1.65 bits per heavy atom. The van der Waals surface area contributed by atoms with Gasteiger partial charge in [0.1, 0.15) is 11.0 Å². The highest BCUT2D eigenvalue weighted by molar-refractivity contribution is 7.93. The summed E-state index contributed by atoms with van der Waals surface area (Å²) in [6.07, 6.45) is -7.81. The first-order valence-corrected chi connectivity index (χ1v) is 8.09. The lowest BCUT2D eigenvalue weighted by Crippen LogP contribution is -2.34. The lowest BCUT2D eigenvalue weighted by atomic mass is 9.99. The van der Waals surface area contributed by atoms with Crippen LogP contribution in [0.4, 0.5) is 10.1 Å². The van der Waals surface area contributed by atoms with Crippen LogP contribution in [0.1, 0.15) is 38.4 Å². The van der Waals surface area contributed by atoms with E-state index in [4.69, 9.17) is 23.9 Å². The molecule has 126 valence electrons. The van der Waals surface area contributed by atoms with Gasteiger partial charge < -0.3 is 4.74 Å². The quantitative estimate of drug-likeness (QED) is 0.807. The van der Waals surface area contributed by atoms with Crippen LogP contribution in [0.5, 0.6) is 0 Å². The van der Waals surface area contributed by atoms with E-state index in [1.54, 1.807) is 4.72 Å². The van der Waals surface area contributed by atoms with Crippen LogP contribution in [0.25, 0.3) is 0 Å². The molecular formula is C15H17ClFNO4S. The fraction of sp³-hybridized carbons (Fsp3) is 0.400. The van der Waals surface area contributed by atoms with Crippen LogP contribution in [0.15, 0.2) is 29.8 Å². The Morgan fingerprint density at radius 2 is 2.39 bits per heavy atom. The number of nitrogens with one attached hydrogen (secondary N) is 1. The van der Waals surface area contributed by atoms with E-state index in [0.717, 1.165) is 0 Å². The SMILES string of the molecule is [2H]C1=C(C(=O)OCC)[C@]([2H])(S(=O)(=O)Nc2c([2H])c([2H])c(F)c([2H])c2Cl)C([2H])([2H])C([2H])([2H])C1. The summed E-state index contributed by atoms with van der Waals surface area (Å²) in [7, 11) is -5.62. The van der Waals surface area contributed by atoms with Crippen molar-refractivity contribution in [2.45, 2.75) is 31.3 Å². The van der Waals surface area contributed by atoms with E-state index in [-0.39, 0.29) is 6.61 Å². The molecule has 23 heavy (non-hydrogen) atoms. The summed E-state index contributed by atoms with van der Waals surface area (Å²) in [5, 5.41) is -4.82. The van der Waals surface area contributed by atoms with Crippen molar-refractivity contribution in [1.29, 1.82) is 0 Å². The van der Waals surface area contributed by atoms with Crippen molar-refractivity contribution < 1.29 is 34.7 Å². The van der Waals surface area contributed by atoms with Crippen LogP contribution in [0, 0.1) is 5.82 Å². The van der Waals surface area contributed by atoms with Crippen molar-refractivity contribution >= 4 is 33.3 Å². The monoisotopic (exact) mass is 370 g/mol. The number of rotatable bonds is 5. The van der Waals surface area contributed by atoms with Gasteiger partial charge in [0.15, 0.2) is 0 Å². The van der Waals surface area contributed by atoms with Crippen LogP contribution in [0.2, 0.25) is 5.02 Å². The molecule has 1 aliphatic rings. The molecule has 0 bridgehead atoms. The van der Waals surface area contributed by atoms with Crippen molar-refractivity contribution in [3.63, 3.8) is 0 Å². The first-order chi connectivity index (χ1) is 14.4. The molecule has 8 heteroatoms. The molecule has 1 N–H and O–H groups in total. The van der Waals surface area contributed by atoms with Crippen molar-refractivity contribution in [2.24, 2.45) is 0 Å². The third-order valence-electron chi connectivity index (χ3n) is 2.50. The van der Waals surface area contributed by atoms with Gasteiger partial charge in [-0.1, -0.05) is 17.7 Å². The lowest BCUT2D eigenvalue weighted by molar-refractivity contribution is -0.138. The van der Waals surface area contributed by atoms with E-state index in [9.17, 15) is 17.6 Å². The molecule has 0 saturated carbocycles. The maximum absolute atomic E-state index is 13.8. The van der Waals surface area contributed by atoms with E-state index in [1.165, 1.54) is 6.92 Å². The summed E-state index contributed by atoms with van der Waals surface area (Å²) < 4.78 is 118. The van der Waals surface area contributed by atoms with Gasteiger partial charge in [-0.2, -0.15) is 0 Å². The minimum atomic E-state index is -5.62. The number of hydrogen-bond acceptors (Lipinski definition) is 4. The second-order valence-electron chi connectivity index (χ2n) is 4.06. The van der Waals surface area contributed by atoms with Gasteiger partial charge >= 0.3 is 5.97 Å². The van der Waals surface area contributed by atoms with Gasteiger partial charge in [0.05, 0.1) is 29.7 Å². The Hall–Kier alpha value is -1.60. The molecule has 0 aromatic heterocycles. The summed E-state index contributed by atoms with van der Waals surface area (Å²) in [5.74, 6) is -3.08. The minimum absolute atomic E-state index is 0.333. The molecule has 0 fully saturated rings. The molecule has 0 saturated heterocycles. The molecule has 1 atom stereocenters. The Morgan fingerprint density at radius 3 is 3.09 bits per heavy atom. The number of carbonyl (C=O) groups is 1. The molecular weight excluding hydrogens is 345 g/mol. The van der Waals surface area contributed by atoms with Gasteiger partial charge in [-0.15, -0.1) is 0 Å². The topological polar surface area (TPSA) is 72.5 Å². The van der Waals surface area contributed by atoms with Gasteiger partial charge in [-0.05, 0) is 44.2 Å². The molecule has 0 radical (unpaired) electrons. The second kappa shape index (κ2) is 7.31. The number of benzene rings is 1. The molecule has 0 heterocycles. The summed E-state index contributed by atoms with van der Waals surface area (Å²) in [6, 6.07) is -4.53. The fourth-order valence-corrected chi connectivity index (χ4v) is 2.98. The number of carbonyl (C=O) groups excluding carboxylic acids is 1. The molecule has 5 nitrogen and oxygen atoms in total. The zero-order chi connectivity index (χ0) is 25.0. The summed E-state index contributed by atoms with van der Waals surface area (Å²) in [4.78, 5) is 12.4. The number of esters is 1. The van der Waals surface area contributed by atoms with Gasteiger partial charge in [-0.25, -0.2) is 17.6 Å². The zero-order valence-electron chi connectivity index (χ0n) is 20.7. The van der Waals surface area contributed by atoms with E-state index >= 15 is 0 Å². The first-order valence-electron chi connectivity index (χ1n) is 10.7. The fourth-order valence-electron chi connectivity index (χ4n) is 1.59. The van der Waals surface area contributed by atoms with Crippen molar-refractivity contribution in [1.82, 2.24) is 0 Å². The van der Waals surface area contributed by atoms with Crippen LogP contribution in [0.3, 0.4) is 0 Å². The maximum Gasteiger partial charge on any atom is 0.335 e. The van der Waals surface area contributed by atoms with Gasteiger partial charge in [0.2, 0.25) is 10.0 Å². The third-order valence-corrected chi connectivity index (χ3v) is 4.10. The van der Waals surface area contributed by atoms with Crippen LogP contribution < -0.4 is 4.72 Å². The number of anilines is 1. The Kier molecular flexibility index (Phi) is 2.87. The van der Waals surface area contributed by atoms with Crippen molar-refractivity contribution in [3.05, 3.63) is 40.6 Å². The van der Waals surface area contributed by atoms with Crippen molar-refractivity contribution in [3.8, 4) is 0 Å². The normalized spacial score (nSPS) is 31.9. The smallest absolute Gasteiger partial charge is 0.335 e. The molecule has 0 spiro atoms. The highest BCUT2D eigenvalue weighted by Gasteiger charge is 2.35. The van der Waals surface area contributed by atoms with Gasteiger partial charge in [-0.3, -0.25) is 4.72 Å². The number of ether oxygens (including phenoxy) is 1. The second-order valence-corrected chi connectivity index (χ2v) is 6.06. The standard InChI is InChI=1S/C15H17ClFNO4S/c1-2-22-15(19)11-5-3-4-6-14(11)23(20,21)18-13-8-7-10(17)9-12(13)16/h5,7-9,14,18H,2-4,6H2,1H3/t14-/m1/s1/i4D2,5D,6D2,7D,8D,9D,14D. The summed E-state index contributed by atoms with van der Waals surface area (Å²) >= 11 is 5.74. The molecule has 0 unspecified atom stereocenters. The molecule has 0 amide bonds. The number of sulfonamides is 1. The molecule has 0 aliphatic heterocycles. The highest BCUT2D eigenvalue weighted by Crippen LogP contribution is 2.30. The molecule has 1 aliphatic carbocycles. The van der Waals surface area contributed by atoms with Crippen LogP contribution >= 0.6 is 11.6 Å². The van der Waals surface area contributed by atoms with E-state index < -0.39 is 86.7 Å². The summed E-state index contributed by atoms with van der Waals surface area (Å²) in [5.41, 5.74) is -2.35. The highest BCUT2D eigenvalue weighted by atomic mass is 35.5. The summed E-state index contributed by atoms with van der Waals surface area (Å²) in [6.45, 7) is 0.994. The molecule has 2 rings (SSSR count). The van der Waals surface area contributed by atoms with E-state index in [1.807, 2.05) is 0 Å². The van der Waals surface area contributed by atoms with E-state index in [0.29, 0.717) is 0 Å². The zero-order valence-corrected chi connectivity index (χ0v) is 13.3. The number of hydrogen-bond donors (Lipinski definition) is 1. The molecule has 1 aromatic carbocycles. The Bertz CT molecular complexity index is 1100. The molecule has 1 aromatic rings. The van der Waals surface area contributed by atoms with Gasteiger partial charge in [0, 0.05) is 5.48 Å². The first kappa shape index (κ1) is 9.03. The number of allylic oxidation sites excluding steroid dienone is 1. The largest absolute Gasteiger partial charge is 0.463 e. The number of halogens is 2. The minimum Gasteiger partial charge on any atom is -0.463 e.